The Labute approximate surface area is 139 Å². The molecule has 2 heterocycles. The average molecular weight is 320 g/mol. The lowest BCUT2D eigenvalue weighted by atomic mass is 10.0. The number of rotatable bonds is 1. The van der Waals surface area contributed by atoms with Crippen LogP contribution < -0.4 is 0 Å². The molecule has 0 spiro atoms. The number of thioether (sulfide) groups is 1. The van der Waals surface area contributed by atoms with Crippen LogP contribution in [0.25, 0.3) is 6.08 Å². The molecule has 0 bridgehead atoms. The first-order valence-electron chi connectivity index (χ1n) is 7.69. The number of benzene rings is 2. The molecule has 3 nitrogen and oxygen atoms in total. The molecular weight excluding hydrogens is 304 g/mol. The Balaban J connectivity index is 1.53. The van der Waals surface area contributed by atoms with Crippen LogP contribution in [0.3, 0.4) is 0 Å². The summed E-state index contributed by atoms with van der Waals surface area (Å²) >= 11 is 1.48. The lowest BCUT2D eigenvalue weighted by Crippen LogP contribution is -2.33. The Bertz CT molecular complexity index is 811. The van der Waals surface area contributed by atoms with Crippen LogP contribution in [-0.2, 0) is 17.8 Å². The molecule has 2 aliphatic heterocycles. The molecule has 0 atom stereocenters. The van der Waals surface area contributed by atoms with Crippen molar-refractivity contribution in [2.75, 3.05) is 6.54 Å². The first-order chi connectivity index (χ1) is 11.3. The maximum absolute atomic E-state index is 12.2. The van der Waals surface area contributed by atoms with Gasteiger partial charge in [-0.2, -0.15) is 4.99 Å². The minimum atomic E-state index is -0.132. The second kappa shape index (κ2) is 6.05. The average Bonchev–Trinajstić information content (AvgIpc) is 2.96. The normalized spacial score (nSPS) is 19.0. The largest absolute Gasteiger partial charge is 0.346 e. The van der Waals surface area contributed by atoms with Crippen molar-refractivity contribution in [3.8, 4) is 0 Å². The molecule has 2 aromatic carbocycles. The number of carbonyl (C=O) groups excluding carboxylic acids is 1. The number of fused-ring (bicyclic) bond motifs is 1. The zero-order valence-corrected chi connectivity index (χ0v) is 13.4. The molecular formula is C19H16N2OS. The Morgan fingerprint density at radius 3 is 2.57 bits per heavy atom. The summed E-state index contributed by atoms with van der Waals surface area (Å²) < 4.78 is 0. The van der Waals surface area contributed by atoms with Gasteiger partial charge < -0.3 is 4.90 Å². The summed E-state index contributed by atoms with van der Waals surface area (Å²) in [6.07, 6.45) is 2.92. The SMILES string of the molecule is O=C1N=C(N2CCc3ccccc3C2)S/C1=C\c1ccccc1. The van der Waals surface area contributed by atoms with Gasteiger partial charge in [0.25, 0.3) is 5.91 Å². The molecule has 0 fully saturated rings. The highest BCUT2D eigenvalue weighted by atomic mass is 32.2. The minimum Gasteiger partial charge on any atom is -0.346 e. The fourth-order valence-electron chi connectivity index (χ4n) is 2.89. The highest BCUT2D eigenvalue weighted by Gasteiger charge is 2.28. The van der Waals surface area contributed by atoms with Crippen LogP contribution >= 0.6 is 11.8 Å². The summed E-state index contributed by atoms with van der Waals surface area (Å²) in [4.78, 5) is 19.3. The molecule has 0 unspecified atom stereocenters. The van der Waals surface area contributed by atoms with E-state index in [4.69, 9.17) is 0 Å². The lowest BCUT2D eigenvalue weighted by molar-refractivity contribution is -0.113. The second-order valence-corrected chi connectivity index (χ2v) is 6.67. The third-order valence-corrected chi connectivity index (χ3v) is 5.15. The monoisotopic (exact) mass is 320 g/mol. The number of hydrogen-bond acceptors (Lipinski definition) is 3. The zero-order chi connectivity index (χ0) is 15.6. The van der Waals surface area contributed by atoms with Crippen molar-refractivity contribution in [2.45, 2.75) is 13.0 Å². The van der Waals surface area contributed by atoms with E-state index in [0.717, 1.165) is 30.2 Å². The fourth-order valence-corrected chi connectivity index (χ4v) is 3.83. The Morgan fingerprint density at radius 2 is 1.74 bits per heavy atom. The Hall–Kier alpha value is -2.33. The molecule has 2 aromatic rings. The number of hydrogen-bond donors (Lipinski definition) is 0. The first-order valence-corrected chi connectivity index (χ1v) is 8.50. The van der Waals surface area contributed by atoms with Gasteiger partial charge in [-0.05, 0) is 40.9 Å². The molecule has 1 amide bonds. The molecule has 4 heteroatoms. The number of aliphatic imine (C=N–C) groups is 1. The quantitative estimate of drug-likeness (QED) is 0.751. The van der Waals surface area contributed by atoms with E-state index in [-0.39, 0.29) is 5.91 Å². The molecule has 0 saturated carbocycles. The second-order valence-electron chi connectivity index (χ2n) is 5.66. The van der Waals surface area contributed by atoms with E-state index < -0.39 is 0 Å². The van der Waals surface area contributed by atoms with Gasteiger partial charge in [0.15, 0.2) is 5.17 Å². The zero-order valence-electron chi connectivity index (χ0n) is 12.6. The molecule has 0 radical (unpaired) electrons. The molecule has 0 aromatic heterocycles. The van der Waals surface area contributed by atoms with Crippen molar-refractivity contribution in [2.24, 2.45) is 4.99 Å². The molecule has 2 aliphatic rings. The van der Waals surface area contributed by atoms with Gasteiger partial charge in [0.05, 0.1) is 4.91 Å². The van der Waals surface area contributed by atoms with Crippen LogP contribution in [0.5, 0.6) is 0 Å². The predicted molar refractivity (Wildman–Crippen MR) is 95.0 cm³/mol. The number of amides is 1. The van der Waals surface area contributed by atoms with Crippen molar-refractivity contribution >= 4 is 28.9 Å². The van der Waals surface area contributed by atoms with Crippen LogP contribution in [0.1, 0.15) is 16.7 Å². The van der Waals surface area contributed by atoms with Gasteiger partial charge in [-0.25, -0.2) is 0 Å². The van der Waals surface area contributed by atoms with Crippen LogP contribution in [0.2, 0.25) is 0 Å². The fraction of sp³-hybridized carbons (Fsp3) is 0.158. The van der Waals surface area contributed by atoms with Crippen LogP contribution in [0.4, 0.5) is 0 Å². The van der Waals surface area contributed by atoms with Crippen molar-refractivity contribution in [1.82, 2.24) is 4.90 Å². The van der Waals surface area contributed by atoms with E-state index >= 15 is 0 Å². The van der Waals surface area contributed by atoms with Crippen LogP contribution in [0, 0.1) is 0 Å². The summed E-state index contributed by atoms with van der Waals surface area (Å²) in [7, 11) is 0. The Morgan fingerprint density at radius 1 is 1.00 bits per heavy atom. The van der Waals surface area contributed by atoms with Crippen molar-refractivity contribution < 1.29 is 4.79 Å². The summed E-state index contributed by atoms with van der Waals surface area (Å²) in [5.41, 5.74) is 3.76. The third kappa shape index (κ3) is 2.94. The van der Waals surface area contributed by atoms with Gasteiger partial charge in [-0.3, -0.25) is 4.79 Å². The van der Waals surface area contributed by atoms with E-state index in [1.54, 1.807) is 0 Å². The van der Waals surface area contributed by atoms with E-state index in [1.807, 2.05) is 36.4 Å². The lowest BCUT2D eigenvalue weighted by Gasteiger charge is -2.29. The number of carbonyl (C=O) groups is 1. The summed E-state index contributed by atoms with van der Waals surface area (Å²) in [6, 6.07) is 18.4. The van der Waals surface area contributed by atoms with Gasteiger partial charge in [0, 0.05) is 13.1 Å². The topological polar surface area (TPSA) is 32.7 Å². The predicted octanol–water partition coefficient (Wildman–Crippen LogP) is 3.72. The van der Waals surface area contributed by atoms with Gasteiger partial charge in [-0.1, -0.05) is 54.6 Å². The maximum Gasteiger partial charge on any atom is 0.286 e. The first kappa shape index (κ1) is 14.3. The summed E-state index contributed by atoms with van der Waals surface area (Å²) in [5.74, 6) is -0.132. The molecule has 0 N–H and O–H groups in total. The van der Waals surface area contributed by atoms with Crippen LogP contribution in [0.15, 0.2) is 64.5 Å². The number of nitrogens with zero attached hydrogens (tertiary/aromatic N) is 2. The molecule has 114 valence electrons. The molecule has 0 saturated heterocycles. The van der Waals surface area contributed by atoms with Crippen molar-refractivity contribution in [1.29, 1.82) is 0 Å². The third-order valence-electron chi connectivity index (χ3n) is 4.11. The molecule has 4 rings (SSSR count). The van der Waals surface area contributed by atoms with E-state index in [9.17, 15) is 4.79 Å². The van der Waals surface area contributed by atoms with E-state index in [1.165, 1.54) is 22.9 Å². The molecule has 23 heavy (non-hydrogen) atoms. The molecule has 0 aliphatic carbocycles. The smallest absolute Gasteiger partial charge is 0.286 e. The standard InChI is InChI=1S/C19H16N2OS/c22-18-17(12-14-6-2-1-3-7-14)23-19(20-18)21-11-10-15-8-4-5-9-16(15)13-21/h1-9,12H,10-11,13H2/b17-12-. The van der Waals surface area contributed by atoms with Gasteiger partial charge in [0.1, 0.15) is 0 Å². The summed E-state index contributed by atoms with van der Waals surface area (Å²) in [5, 5.41) is 0.826. The maximum atomic E-state index is 12.2. The van der Waals surface area contributed by atoms with Gasteiger partial charge in [-0.15, -0.1) is 0 Å². The summed E-state index contributed by atoms with van der Waals surface area (Å²) in [6.45, 7) is 1.74. The van der Waals surface area contributed by atoms with Crippen molar-refractivity contribution in [3.05, 3.63) is 76.2 Å². The highest BCUT2D eigenvalue weighted by Crippen LogP contribution is 2.32. The minimum absolute atomic E-state index is 0.132. The highest BCUT2D eigenvalue weighted by molar-refractivity contribution is 8.18. The Kier molecular flexibility index (Phi) is 3.75. The number of amidine groups is 1. The van der Waals surface area contributed by atoms with E-state index in [0.29, 0.717) is 4.91 Å². The van der Waals surface area contributed by atoms with Crippen LogP contribution in [-0.4, -0.2) is 22.5 Å². The van der Waals surface area contributed by atoms with Gasteiger partial charge >= 0.3 is 0 Å². The van der Waals surface area contributed by atoms with Gasteiger partial charge in [0.2, 0.25) is 0 Å². The van der Waals surface area contributed by atoms with E-state index in [2.05, 4.69) is 34.2 Å². The van der Waals surface area contributed by atoms with Crippen molar-refractivity contribution in [3.63, 3.8) is 0 Å².